The van der Waals surface area contributed by atoms with Crippen molar-refractivity contribution in [1.82, 2.24) is 4.98 Å². The molecule has 0 saturated heterocycles. The van der Waals surface area contributed by atoms with Gasteiger partial charge in [0.15, 0.2) is 0 Å². The Morgan fingerprint density at radius 3 is 2.79 bits per heavy atom. The van der Waals surface area contributed by atoms with Gasteiger partial charge in [0.2, 0.25) is 0 Å². The van der Waals surface area contributed by atoms with Gasteiger partial charge in [-0.15, -0.1) is 0 Å². The molecule has 0 spiro atoms. The number of hydrogen-bond acceptors (Lipinski definition) is 2. The summed E-state index contributed by atoms with van der Waals surface area (Å²) in [5, 5.41) is 9.78. The molecule has 1 aromatic heterocycles. The van der Waals surface area contributed by atoms with E-state index in [4.69, 9.17) is 11.6 Å². The minimum Gasteiger partial charge on any atom is -0.378 e. The minimum atomic E-state index is -1.00. The van der Waals surface area contributed by atoms with E-state index in [1.165, 1.54) is 0 Å². The predicted molar refractivity (Wildman–Crippen MR) is 60.1 cm³/mol. The van der Waals surface area contributed by atoms with E-state index in [0.29, 0.717) is 10.7 Å². The van der Waals surface area contributed by atoms with Crippen molar-refractivity contribution in [3.05, 3.63) is 27.5 Å². The summed E-state index contributed by atoms with van der Waals surface area (Å²) in [6.07, 6.45) is 1.58. The van der Waals surface area contributed by atoms with Gasteiger partial charge in [-0.25, -0.2) is 4.98 Å². The lowest BCUT2D eigenvalue weighted by Crippen LogP contribution is -2.14. The molecular formula is C10H9BrClNO. The summed E-state index contributed by atoms with van der Waals surface area (Å²) < 4.78 is 0.763. The van der Waals surface area contributed by atoms with Crippen LogP contribution in [-0.4, -0.2) is 15.7 Å². The highest BCUT2D eigenvalue weighted by atomic mass is 79.9. The number of nitrogens with zero attached hydrogens (tertiary/aromatic N) is 1. The molecule has 1 rings (SSSR count). The van der Waals surface area contributed by atoms with Gasteiger partial charge in [0.1, 0.15) is 10.8 Å². The molecule has 0 bridgehead atoms. The maximum absolute atomic E-state index is 9.40. The first-order valence-corrected chi connectivity index (χ1v) is 5.12. The van der Waals surface area contributed by atoms with Gasteiger partial charge in [0.05, 0.1) is 4.47 Å². The molecule has 0 amide bonds. The smallest absolute Gasteiger partial charge is 0.130 e. The van der Waals surface area contributed by atoms with E-state index in [2.05, 4.69) is 32.8 Å². The van der Waals surface area contributed by atoms with Crippen molar-refractivity contribution < 1.29 is 5.11 Å². The molecular weight excluding hydrogens is 265 g/mol. The van der Waals surface area contributed by atoms with Crippen LogP contribution in [0.1, 0.15) is 19.4 Å². The average Bonchev–Trinajstić information content (AvgIpc) is 2.05. The second-order valence-corrected chi connectivity index (χ2v) is 4.54. The van der Waals surface area contributed by atoms with Gasteiger partial charge in [-0.1, -0.05) is 23.4 Å². The van der Waals surface area contributed by atoms with Crippen LogP contribution in [-0.2, 0) is 0 Å². The van der Waals surface area contributed by atoms with Crippen molar-refractivity contribution in [1.29, 1.82) is 0 Å². The molecule has 1 heterocycles. The van der Waals surface area contributed by atoms with Crippen molar-refractivity contribution in [2.24, 2.45) is 0 Å². The molecule has 0 aliphatic carbocycles. The van der Waals surface area contributed by atoms with Crippen LogP contribution >= 0.6 is 27.5 Å². The van der Waals surface area contributed by atoms with Crippen molar-refractivity contribution >= 4 is 27.5 Å². The van der Waals surface area contributed by atoms with Crippen molar-refractivity contribution in [2.75, 3.05) is 0 Å². The number of halogens is 2. The molecule has 74 valence electrons. The molecule has 0 saturated carbocycles. The standard InChI is InChI=1S/C10H9BrClNO/c1-10(2,14)4-3-7-5-9(12)13-6-8(7)11/h5-6,14H,1-2H3. The van der Waals surface area contributed by atoms with E-state index in [-0.39, 0.29) is 0 Å². The molecule has 1 N–H and O–H groups in total. The second-order valence-electron chi connectivity index (χ2n) is 3.30. The van der Waals surface area contributed by atoms with Gasteiger partial charge in [0.25, 0.3) is 0 Å². The van der Waals surface area contributed by atoms with E-state index < -0.39 is 5.60 Å². The zero-order valence-corrected chi connectivity index (χ0v) is 10.1. The molecule has 1 aromatic rings. The zero-order chi connectivity index (χ0) is 10.8. The molecule has 2 nitrogen and oxygen atoms in total. The Hall–Kier alpha value is -0.560. The van der Waals surface area contributed by atoms with Crippen molar-refractivity contribution in [3.63, 3.8) is 0 Å². The van der Waals surface area contributed by atoms with Crippen molar-refractivity contribution in [2.45, 2.75) is 19.4 Å². The zero-order valence-electron chi connectivity index (χ0n) is 7.81. The highest BCUT2D eigenvalue weighted by molar-refractivity contribution is 9.10. The maximum atomic E-state index is 9.40. The van der Waals surface area contributed by atoms with Gasteiger partial charge >= 0.3 is 0 Å². The molecule has 0 radical (unpaired) electrons. The van der Waals surface area contributed by atoms with Gasteiger partial charge in [0, 0.05) is 11.8 Å². The van der Waals surface area contributed by atoms with Gasteiger partial charge in [-0.2, -0.15) is 0 Å². The summed E-state index contributed by atoms with van der Waals surface area (Å²) >= 11 is 9.00. The van der Waals surface area contributed by atoms with Crippen LogP contribution in [0.5, 0.6) is 0 Å². The molecule has 0 atom stereocenters. The van der Waals surface area contributed by atoms with Crippen LogP contribution in [0.2, 0.25) is 5.15 Å². The van der Waals surface area contributed by atoms with Crippen molar-refractivity contribution in [3.8, 4) is 11.8 Å². The first-order valence-electron chi connectivity index (χ1n) is 3.95. The van der Waals surface area contributed by atoms with Crippen LogP contribution < -0.4 is 0 Å². The number of rotatable bonds is 0. The van der Waals surface area contributed by atoms with Crippen LogP contribution in [0, 0.1) is 11.8 Å². The van der Waals surface area contributed by atoms with E-state index >= 15 is 0 Å². The first-order chi connectivity index (χ1) is 6.38. The van der Waals surface area contributed by atoms with Crippen LogP contribution in [0.4, 0.5) is 0 Å². The summed E-state index contributed by atoms with van der Waals surface area (Å²) in [7, 11) is 0. The monoisotopic (exact) mass is 273 g/mol. The van der Waals surface area contributed by atoms with Crippen LogP contribution in [0.15, 0.2) is 16.7 Å². The van der Waals surface area contributed by atoms with Gasteiger partial charge < -0.3 is 5.11 Å². The third kappa shape index (κ3) is 3.67. The highest BCUT2D eigenvalue weighted by Crippen LogP contribution is 2.17. The van der Waals surface area contributed by atoms with Gasteiger partial charge in [-0.05, 0) is 35.8 Å². The molecule has 0 aromatic carbocycles. The third-order valence-corrected chi connectivity index (χ3v) is 2.16. The SMILES string of the molecule is CC(C)(O)C#Cc1cc(Cl)ncc1Br. The van der Waals surface area contributed by atoms with Crippen LogP contribution in [0.25, 0.3) is 0 Å². The third-order valence-electron chi connectivity index (χ3n) is 1.33. The number of aromatic nitrogens is 1. The van der Waals surface area contributed by atoms with E-state index in [9.17, 15) is 5.11 Å². The fraction of sp³-hybridized carbons (Fsp3) is 0.300. The normalized spacial score (nSPS) is 10.6. The highest BCUT2D eigenvalue weighted by Gasteiger charge is 2.06. The summed E-state index contributed by atoms with van der Waals surface area (Å²) in [4.78, 5) is 3.87. The number of pyridine rings is 1. The lowest BCUT2D eigenvalue weighted by molar-refractivity contribution is 0.143. The minimum absolute atomic E-state index is 0.383. The lowest BCUT2D eigenvalue weighted by Gasteiger charge is -2.06. The Kier molecular flexibility index (Phi) is 3.54. The molecule has 0 unspecified atom stereocenters. The number of aliphatic hydroxyl groups is 1. The lowest BCUT2D eigenvalue weighted by atomic mass is 10.1. The Bertz CT molecular complexity index is 401. The maximum Gasteiger partial charge on any atom is 0.130 e. The Morgan fingerprint density at radius 1 is 1.57 bits per heavy atom. The number of hydrogen-bond donors (Lipinski definition) is 1. The summed E-state index contributed by atoms with van der Waals surface area (Å²) in [6.45, 7) is 3.24. The molecule has 14 heavy (non-hydrogen) atoms. The van der Waals surface area contributed by atoms with E-state index in [1.54, 1.807) is 26.1 Å². The fourth-order valence-electron chi connectivity index (χ4n) is 0.729. The summed E-state index contributed by atoms with van der Waals surface area (Å²) in [6, 6.07) is 1.64. The first kappa shape index (κ1) is 11.5. The largest absolute Gasteiger partial charge is 0.378 e. The molecule has 4 heteroatoms. The molecule has 0 aliphatic heterocycles. The van der Waals surface area contributed by atoms with E-state index in [1.807, 2.05) is 0 Å². The average molecular weight is 275 g/mol. The predicted octanol–water partition coefficient (Wildman–Crippen LogP) is 2.62. The van der Waals surface area contributed by atoms with E-state index in [0.717, 1.165) is 4.47 Å². The molecule has 0 fully saturated rings. The Balaban J connectivity index is 3.06. The second kappa shape index (κ2) is 4.31. The van der Waals surface area contributed by atoms with Gasteiger partial charge in [-0.3, -0.25) is 0 Å². The quantitative estimate of drug-likeness (QED) is 0.583. The fourth-order valence-corrected chi connectivity index (χ4v) is 1.20. The summed E-state index contributed by atoms with van der Waals surface area (Å²) in [5.74, 6) is 5.52. The van der Waals surface area contributed by atoms with Crippen LogP contribution in [0.3, 0.4) is 0 Å². The Labute approximate surface area is 96.4 Å². The summed E-state index contributed by atoms with van der Waals surface area (Å²) in [5.41, 5.74) is -0.290. The topological polar surface area (TPSA) is 33.1 Å². The Morgan fingerprint density at radius 2 is 2.21 bits per heavy atom. The molecule has 0 aliphatic rings.